The number of imide groups is 1. The number of hydrogen-bond acceptors (Lipinski definition) is 5. The van der Waals surface area contributed by atoms with Crippen LogP contribution >= 0.6 is 45.8 Å². The lowest BCUT2D eigenvalue weighted by Gasteiger charge is -2.14. The molecule has 0 spiro atoms. The molecule has 3 amide bonds. The van der Waals surface area contributed by atoms with Crippen molar-refractivity contribution in [1.82, 2.24) is 10.2 Å². The molecule has 162 valence electrons. The molecule has 11 heteroatoms. The predicted molar refractivity (Wildman–Crippen MR) is 122 cm³/mol. The molecule has 0 aliphatic carbocycles. The molecular formula is C20H15Cl2IN2O6. The van der Waals surface area contributed by atoms with Crippen LogP contribution in [0.2, 0.25) is 10.0 Å². The summed E-state index contributed by atoms with van der Waals surface area (Å²) in [6, 6.07) is 7.77. The van der Waals surface area contributed by atoms with Gasteiger partial charge in [-0.15, -0.1) is 0 Å². The normalized spacial score (nSPS) is 14.7. The molecule has 8 nitrogen and oxygen atoms in total. The quantitative estimate of drug-likeness (QED) is 0.291. The van der Waals surface area contributed by atoms with E-state index >= 15 is 0 Å². The summed E-state index contributed by atoms with van der Waals surface area (Å²) in [6.45, 7) is -0.493. The molecule has 1 aliphatic heterocycles. The third kappa shape index (κ3) is 5.41. The van der Waals surface area contributed by atoms with Crippen molar-refractivity contribution >= 4 is 69.8 Å². The number of ether oxygens (including phenoxy) is 2. The van der Waals surface area contributed by atoms with Crippen LogP contribution in [-0.4, -0.2) is 41.6 Å². The molecule has 2 N–H and O–H groups in total. The van der Waals surface area contributed by atoms with Gasteiger partial charge in [0.15, 0.2) is 11.5 Å². The van der Waals surface area contributed by atoms with Crippen LogP contribution in [0.1, 0.15) is 11.1 Å². The third-order valence-electron chi connectivity index (χ3n) is 4.19. The summed E-state index contributed by atoms with van der Waals surface area (Å²) < 4.78 is 12.0. The fraction of sp³-hybridized carbons (Fsp3) is 0.150. The van der Waals surface area contributed by atoms with Crippen LogP contribution in [0.25, 0.3) is 6.08 Å². The number of benzene rings is 2. The van der Waals surface area contributed by atoms with Crippen molar-refractivity contribution in [3.8, 4) is 11.5 Å². The Kier molecular flexibility index (Phi) is 7.29. The van der Waals surface area contributed by atoms with Crippen LogP contribution in [0, 0.1) is 3.57 Å². The summed E-state index contributed by atoms with van der Waals surface area (Å²) in [4.78, 5) is 35.6. The number of carboxylic acid groups (broad SMARTS) is 1. The van der Waals surface area contributed by atoms with Crippen LogP contribution in [-0.2, 0) is 16.2 Å². The highest BCUT2D eigenvalue weighted by atomic mass is 127. The molecule has 0 unspecified atom stereocenters. The maximum absolute atomic E-state index is 12.3. The Hall–Kier alpha value is -2.50. The van der Waals surface area contributed by atoms with Gasteiger partial charge in [0.2, 0.25) is 0 Å². The van der Waals surface area contributed by atoms with Gasteiger partial charge in [0.25, 0.3) is 5.91 Å². The van der Waals surface area contributed by atoms with Crippen LogP contribution in [0.4, 0.5) is 4.79 Å². The number of nitrogens with one attached hydrogen (secondary N) is 1. The highest BCUT2D eigenvalue weighted by Gasteiger charge is 2.34. The maximum atomic E-state index is 12.3. The molecular weight excluding hydrogens is 562 g/mol. The van der Waals surface area contributed by atoms with Crippen LogP contribution < -0.4 is 14.8 Å². The standard InChI is InChI=1S/C20H15Cl2IN2O6/c1-30-16-7-11(6-15-19(28)25(8-17(26)27)20(29)24-15)5-14(23)18(16)31-9-10-2-3-12(21)13(22)4-10/h2-7H,8-9H2,1H3,(H,24,29)(H,26,27)/b15-6+. The number of carbonyl (C=O) groups excluding carboxylic acids is 2. The van der Waals surface area contributed by atoms with Gasteiger partial charge in [-0.1, -0.05) is 29.3 Å². The fourth-order valence-electron chi connectivity index (χ4n) is 2.77. The molecule has 0 saturated carbocycles. The fourth-order valence-corrected chi connectivity index (χ4v) is 3.87. The summed E-state index contributed by atoms with van der Waals surface area (Å²) in [6.07, 6.45) is 1.44. The van der Waals surface area contributed by atoms with Gasteiger partial charge in [0.05, 0.1) is 20.7 Å². The van der Waals surface area contributed by atoms with Gasteiger partial charge in [-0.05, 0) is 64.1 Å². The van der Waals surface area contributed by atoms with Gasteiger partial charge in [-0.25, -0.2) is 9.69 Å². The molecule has 1 aliphatic rings. The van der Waals surface area contributed by atoms with E-state index in [-0.39, 0.29) is 12.3 Å². The number of urea groups is 1. The van der Waals surface area contributed by atoms with Gasteiger partial charge >= 0.3 is 12.0 Å². The zero-order valence-corrected chi connectivity index (χ0v) is 19.6. The number of rotatable bonds is 7. The first-order valence-corrected chi connectivity index (χ1v) is 10.5. The Morgan fingerprint density at radius 1 is 1.23 bits per heavy atom. The number of aliphatic carboxylic acids is 1. The molecule has 1 saturated heterocycles. The second-order valence-electron chi connectivity index (χ2n) is 6.34. The Labute approximate surface area is 200 Å². The monoisotopic (exact) mass is 576 g/mol. The second kappa shape index (κ2) is 9.75. The minimum atomic E-state index is -1.29. The Morgan fingerprint density at radius 2 is 1.97 bits per heavy atom. The van der Waals surface area contributed by atoms with E-state index in [2.05, 4.69) is 27.9 Å². The minimum Gasteiger partial charge on any atom is -0.493 e. The predicted octanol–water partition coefficient (Wildman–Crippen LogP) is 4.16. The van der Waals surface area contributed by atoms with Crippen molar-refractivity contribution in [3.63, 3.8) is 0 Å². The van der Waals surface area contributed by atoms with Crippen molar-refractivity contribution in [2.24, 2.45) is 0 Å². The molecule has 2 aromatic carbocycles. The SMILES string of the molecule is COc1cc(/C=C2/NC(=O)N(CC(=O)O)C2=O)cc(I)c1OCc1ccc(Cl)c(Cl)c1. The Morgan fingerprint density at radius 3 is 2.61 bits per heavy atom. The molecule has 0 aromatic heterocycles. The molecule has 1 heterocycles. The smallest absolute Gasteiger partial charge is 0.329 e. The van der Waals surface area contributed by atoms with Crippen molar-refractivity contribution in [3.05, 3.63) is 60.8 Å². The first-order chi connectivity index (χ1) is 14.7. The number of amides is 3. The topological polar surface area (TPSA) is 105 Å². The summed E-state index contributed by atoms with van der Waals surface area (Å²) in [5.41, 5.74) is 1.34. The zero-order chi connectivity index (χ0) is 22.7. The second-order valence-corrected chi connectivity index (χ2v) is 8.32. The van der Waals surface area contributed by atoms with E-state index in [4.69, 9.17) is 37.8 Å². The van der Waals surface area contributed by atoms with Crippen LogP contribution in [0.15, 0.2) is 36.0 Å². The first-order valence-electron chi connectivity index (χ1n) is 8.70. The van der Waals surface area contributed by atoms with Crippen molar-refractivity contribution in [2.75, 3.05) is 13.7 Å². The Bertz CT molecular complexity index is 1110. The average Bonchev–Trinajstić information content (AvgIpc) is 2.96. The summed E-state index contributed by atoms with van der Waals surface area (Å²) in [5, 5.41) is 12.1. The lowest BCUT2D eigenvalue weighted by Crippen LogP contribution is -2.35. The lowest BCUT2D eigenvalue weighted by molar-refractivity contribution is -0.140. The number of methoxy groups -OCH3 is 1. The van der Waals surface area contributed by atoms with Crippen molar-refractivity contribution < 1.29 is 29.0 Å². The van der Waals surface area contributed by atoms with Crippen LogP contribution in [0.5, 0.6) is 11.5 Å². The van der Waals surface area contributed by atoms with Crippen molar-refractivity contribution in [1.29, 1.82) is 0 Å². The highest BCUT2D eigenvalue weighted by molar-refractivity contribution is 14.1. The highest BCUT2D eigenvalue weighted by Crippen LogP contribution is 2.35. The van der Waals surface area contributed by atoms with E-state index in [9.17, 15) is 14.4 Å². The lowest BCUT2D eigenvalue weighted by atomic mass is 10.1. The summed E-state index contributed by atoms with van der Waals surface area (Å²) in [5.74, 6) is -1.10. The Balaban J connectivity index is 1.83. The molecule has 3 rings (SSSR count). The van der Waals surface area contributed by atoms with Gasteiger partial charge in [-0.2, -0.15) is 0 Å². The van der Waals surface area contributed by atoms with E-state index in [1.54, 1.807) is 30.3 Å². The summed E-state index contributed by atoms with van der Waals surface area (Å²) in [7, 11) is 1.48. The maximum Gasteiger partial charge on any atom is 0.329 e. The van der Waals surface area contributed by atoms with E-state index in [1.165, 1.54) is 13.2 Å². The average molecular weight is 577 g/mol. The molecule has 31 heavy (non-hydrogen) atoms. The van der Waals surface area contributed by atoms with Gasteiger partial charge in [-0.3, -0.25) is 9.59 Å². The molecule has 0 bridgehead atoms. The van der Waals surface area contributed by atoms with E-state index in [0.29, 0.717) is 35.6 Å². The van der Waals surface area contributed by atoms with Crippen LogP contribution in [0.3, 0.4) is 0 Å². The summed E-state index contributed by atoms with van der Waals surface area (Å²) >= 11 is 14.0. The number of nitrogens with zero attached hydrogens (tertiary/aromatic N) is 1. The number of halogens is 3. The third-order valence-corrected chi connectivity index (χ3v) is 5.73. The zero-order valence-electron chi connectivity index (χ0n) is 15.9. The van der Waals surface area contributed by atoms with Gasteiger partial charge in [0, 0.05) is 0 Å². The van der Waals surface area contributed by atoms with E-state index in [0.717, 1.165) is 5.56 Å². The number of carbonyl (C=O) groups is 3. The molecule has 1 fully saturated rings. The number of hydrogen-bond donors (Lipinski definition) is 2. The van der Waals surface area contributed by atoms with Gasteiger partial charge in [0.1, 0.15) is 18.8 Å². The van der Waals surface area contributed by atoms with Gasteiger partial charge < -0.3 is 19.9 Å². The van der Waals surface area contributed by atoms with E-state index < -0.39 is 24.5 Å². The minimum absolute atomic E-state index is 0.0337. The number of carboxylic acids is 1. The largest absolute Gasteiger partial charge is 0.493 e. The first kappa shape index (κ1) is 23.2. The molecule has 0 atom stereocenters. The molecule has 2 aromatic rings. The molecule has 0 radical (unpaired) electrons. The van der Waals surface area contributed by atoms with Crippen molar-refractivity contribution in [2.45, 2.75) is 6.61 Å². The van der Waals surface area contributed by atoms with E-state index in [1.807, 2.05) is 0 Å².